The Balaban J connectivity index is 1.74. The largest absolute Gasteiger partial charge is 0.478 e. The Morgan fingerprint density at radius 1 is 1.32 bits per heavy atom. The SMILES string of the molecule is CCOc1ccnc(N[C@@H]2CCN(c3nc(C(=O)N(C)C)nc(C)c3C)C2)n1. The number of carbonyl (C=O) groups is 1. The monoisotopic (exact) mass is 385 g/mol. The Morgan fingerprint density at radius 3 is 2.82 bits per heavy atom. The third-order valence-corrected chi connectivity index (χ3v) is 4.70. The van der Waals surface area contributed by atoms with Crippen LogP contribution >= 0.6 is 0 Å². The van der Waals surface area contributed by atoms with Crippen LogP contribution in [0.1, 0.15) is 35.2 Å². The summed E-state index contributed by atoms with van der Waals surface area (Å²) in [6.07, 6.45) is 2.60. The minimum Gasteiger partial charge on any atom is -0.478 e. The van der Waals surface area contributed by atoms with Crippen LogP contribution in [0.2, 0.25) is 0 Å². The molecule has 0 radical (unpaired) electrons. The van der Waals surface area contributed by atoms with E-state index < -0.39 is 0 Å². The third kappa shape index (κ3) is 4.29. The lowest BCUT2D eigenvalue weighted by Gasteiger charge is -2.22. The van der Waals surface area contributed by atoms with Gasteiger partial charge in [0, 0.05) is 56.7 Å². The van der Waals surface area contributed by atoms with Crippen LogP contribution in [0.3, 0.4) is 0 Å². The van der Waals surface area contributed by atoms with Crippen molar-refractivity contribution >= 4 is 17.7 Å². The number of rotatable bonds is 6. The van der Waals surface area contributed by atoms with E-state index in [4.69, 9.17) is 4.74 Å². The second-order valence-electron chi connectivity index (χ2n) is 7.01. The zero-order valence-electron chi connectivity index (χ0n) is 17.1. The standard InChI is InChI=1S/C19H27N7O2/c1-6-28-15-7-9-20-19(23-15)22-14-8-10-26(11-14)17-12(2)13(3)21-16(24-17)18(27)25(4)5/h7,9,14H,6,8,10-11H2,1-5H3,(H,20,22,23)/t14-/m1/s1. The Labute approximate surface area is 165 Å². The quantitative estimate of drug-likeness (QED) is 0.802. The number of ether oxygens (including phenoxy) is 1. The van der Waals surface area contributed by atoms with Crippen molar-refractivity contribution in [2.75, 3.05) is 44.0 Å². The molecule has 1 amide bonds. The Kier molecular flexibility index (Phi) is 5.91. The molecule has 1 aliphatic rings. The van der Waals surface area contributed by atoms with Crippen LogP contribution in [0, 0.1) is 13.8 Å². The first-order chi connectivity index (χ1) is 13.4. The van der Waals surface area contributed by atoms with Crippen LogP contribution < -0.4 is 15.0 Å². The second kappa shape index (κ2) is 8.37. The van der Waals surface area contributed by atoms with Gasteiger partial charge in [-0.25, -0.2) is 15.0 Å². The van der Waals surface area contributed by atoms with E-state index in [9.17, 15) is 4.79 Å². The van der Waals surface area contributed by atoms with Gasteiger partial charge in [0.05, 0.1) is 6.61 Å². The first-order valence-corrected chi connectivity index (χ1v) is 9.43. The summed E-state index contributed by atoms with van der Waals surface area (Å²) in [5.74, 6) is 1.96. The van der Waals surface area contributed by atoms with E-state index in [1.165, 1.54) is 4.90 Å². The van der Waals surface area contributed by atoms with Crippen molar-refractivity contribution in [1.82, 2.24) is 24.8 Å². The number of anilines is 2. The van der Waals surface area contributed by atoms with Gasteiger partial charge in [-0.2, -0.15) is 4.98 Å². The van der Waals surface area contributed by atoms with Crippen molar-refractivity contribution in [2.45, 2.75) is 33.2 Å². The van der Waals surface area contributed by atoms with Crippen molar-refractivity contribution < 1.29 is 9.53 Å². The molecule has 9 nitrogen and oxygen atoms in total. The zero-order chi connectivity index (χ0) is 20.3. The van der Waals surface area contributed by atoms with Crippen LogP contribution in [-0.2, 0) is 0 Å². The van der Waals surface area contributed by atoms with Gasteiger partial charge in [0.15, 0.2) is 0 Å². The predicted octanol–water partition coefficient (Wildman–Crippen LogP) is 1.67. The van der Waals surface area contributed by atoms with Crippen molar-refractivity contribution in [1.29, 1.82) is 0 Å². The van der Waals surface area contributed by atoms with Crippen LogP contribution in [0.5, 0.6) is 5.88 Å². The van der Waals surface area contributed by atoms with Crippen LogP contribution in [0.25, 0.3) is 0 Å². The highest BCUT2D eigenvalue weighted by atomic mass is 16.5. The maximum absolute atomic E-state index is 12.3. The molecule has 1 aliphatic heterocycles. The topological polar surface area (TPSA) is 96.4 Å². The average molecular weight is 385 g/mol. The lowest BCUT2D eigenvalue weighted by atomic mass is 10.2. The second-order valence-corrected chi connectivity index (χ2v) is 7.01. The molecule has 2 aromatic rings. The molecule has 0 aromatic carbocycles. The number of nitrogens with zero attached hydrogens (tertiary/aromatic N) is 6. The number of aryl methyl sites for hydroxylation is 1. The fourth-order valence-corrected chi connectivity index (χ4v) is 3.11. The van der Waals surface area contributed by atoms with E-state index in [-0.39, 0.29) is 17.8 Å². The van der Waals surface area contributed by atoms with Gasteiger partial charge in [-0.15, -0.1) is 0 Å². The van der Waals surface area contributed by atoms with Gasteiger partial charge < -0.3 is 19.9 Å². The fourth-order valence-electron chi connectivity index (χ4n) is 3.11. The molecule has 150 valence electrons. The minimum absolute atomic E-state index is 0.180. The lowest BCUT2D eigenvalue weighted by molar-refractivity contribution is 0.0815. The molecule has 1 atom stereocenters. The molecule has 3 rings (SSSR count). The van der Waals surface area contributed by atoms with Crippen molar-refractivity contribution in [3.05, 3.63) is 29.3 Å². The molecule has 28 heavy (non-hydrogen) atoms. The fraction of sp³-hybridized carbons (Fsp3) is 0.526. The molecule has 9 heteroatoms. The van der Waals surface area contributed by atoms with Crippen molar-refractivity contribution in [3.8, 4) is 5.88 Å². The van der Waals surface area contributed by atoms with E-state index in [1.807, 2.05) is 20.8 Å². The van der Waals surface area contributed by atoms with E-state index in [0.717, 1.165) is 36.6 Å². The van der Waals surface area contributed by atoms with Gasteiger partial charge in [-0.3, -0.25) is 4.79 Å². The van der Waals surface area contributed by atoms with Crippen LogP contribution in [0.15, 0.2) is 12.3 Å². The summed E-state index contributed by atoms with van der Waals surface area (Å²) < 4.78 is 5.43. The normalized spacial score (nSPS) is 16.2. The molecular weight excluding hydrogens is 358 g/mol. The number of carbonyl (C=O) groups excluding carboxylic acids is 1. The molecule has 1 fully saturated rings. The highest BCUT2D eigenvalue weighted by Crippen LogP contribution is 2.25. The summed E-state index contributed by atoms with van der Waals surface area (Å²) in [6, 6.07) is 1.92. The van der Waals surface area contributed by atoms with E-state index >= 15 is 0 Å². The summed E-state index contributed by atoms with van der Waals surface area (Å²) >= 11 is 0. The first kappa shape index (κ1) is 19.8. The Bertz CT molecular complexity index is 856. The molecule has 0 unspecified atom stereocenters. The number of aromatic nitrogens is 4. The number of amides is 1. The first-order valence-electron chi connectivity index (χ1n) is 9.43. The van der Waals surface area contributed by atoms with Gasteiger partial charge in [-0.05, 0) is 27.2 Å². The molecule has 2 aromatic heterocycles. The molecule has 1 N–H and O–H groups in total. The Morgan fingerprint density at radius 2 is 2.11 bits per heavy atom. The smallest absolute Gasteiger partial charge is 0.291 e. The van der Waals surface area contributed by atoms with Gasteiger partial charge in [0.2, 0.25) is 17.7 Å². The highest BCUT2D eigenvalue weighted by Gasteiger charge is 2.27. The summed E-state index contributed by atoms with van der Waals surface area (Å²) in [6.45, 7) is 7.96. The van der Waals surface area contributed by atoms with Crippen molar-refractivity contribution in [2.24, 2.45) is 0 Å². The summed E-state index contributed by atoms with van der Waals surface area (Å²) in [5, 5.41) is 3.37. The molecule has 0 aliphatic carbocycles. The van der Waals surface area contributed by atoms with E-state index in [1.54, 1.807) is 26.4 Å². The minimum atomic E-state index is -0.195. The molecule has 0 saturated carbocycles. The number of hydrogen-bond acceptors (Lipinski definition) is 8. The van der Waals surface area contributed by atoms with Crippen molar-refractivity contribution in [3.63, 3.8) is 0 Å². The molecule has 1 saturated heterocycles. The molecular formula is C19H27N7O2. The van der Waals surface area contributed by atoms with Gasteiger partial charge in [0.25, 0.3) is 5.91 Å². The predicted molar refractivity (Wildman–Crippen MR) is 107 cm³/mol. The maximum atomic E-state index is 12.3. The highest BCUT2D eigenvalue weighted by molar-refractivity contribution is 5.90. The van der Waals surface area contributed by atoms with Gasteiger partial charge in [0.1, 0.15) is 5.82 Å². The maximum Gasteiger partial charge on any atom is 0.291 e. The van der Waals surface area contributed by atoms with Crippen LogP contribution in [-0.4, -0.2) is 70.6 Å². The lowest BCUT2D eigenvalue weighted by Crippen LogP contribution is -2.30. The third-order valence-electron chi connectivity index (χ3n) is 4.70. The van der Waals surface area contributed by atoms with E-state index in [0.29, 0.717) is 18.4 Å². The average Bonchev–Trinajstić information content (AvgIpc) is 3.12. The molecule has 0 bridgehead atoms. The van der Waals surface area contributed by atoms with Gasteiger partial charge >= 0.3 is 0 Å². The van der Waals surface area contributed by atoms with E-state index in [2.05, 4.69) is 30.2 Å². The molecule has 3 heterocycles. The zero-order valence-corrected chi connectivity index (χ0v) is 17.1. The van der Waals surface area contributed by atoms with Gasteiger partial charge in [-0.1, -0.05) is 0 Å². The summed E-state index contributed by atoms with van der Waals surface area (Å²) in [7, 11) is 3.40. The van der Waals surface area contributed by atoms with Crippen LogP contribution in [0.4, 0.5) is 11.8 Å². The summed E-state index contributed by atoms with van der Waals surface area (Å²) in [4.78, 5) is 33.5. The number of hydrogen-bond donors (Lipinski definition) is 1. The molecule has 0 spiro atoms. The Hall–Kier alpha value is -2.97. The number of nitrogens with one attached hydrogen (secondary N) is 1. The summed E-state index contributed by atoms with van der Waals surface area (Å²) in [5.41, 5.74) is 1.81.